The largest absolute Gasteiger partial charge is 0.465 e. The lowest BCUT2D eigenvalue weighted by molar-refractivity contribution is 0.0601. The van der Waals surface area contributed by atoms with Crippen LogP contribution in [0.2, 0.25) is 0 Å². The summed E-state index contributed by atoms with van der Waals surface area (Å²) in [4.78, 5) is 14.0. The maximum Gasteiger partial charge on any atom is 0.339 e. The fraction of sp³-hybridized carbons (Fsp3) is 0.462. The number of para-hydroxylation sites is 1. The molecule has 1 fully saturated rings. The number of hydrogen-bond donors (Lipinski definition) is 1. The Morgan fingerprint density at radius 2 is 2.06 bits per heavy atom. The van der Waals surface area contributed by atoms with Gasteiger partial charge in [0.05, 0.1) is 18.4 Å². The number of hydrogen-bond acceptors (Lipinski definition) is 4. The summed E-state index contributed by atoms with van der Waals surface area (Å²) in [5.74, 6) is -0.262. The molecule has 1 saturated heterocycles. The molecule has 1 aromatic carbocycles. The van der Waals surface area contributed by atoms with Crippen molar-refractivity contribution in [2.45, 2.75) is 6.92 Å². The summed E-state index contributed by atoms with van der Waals surface area (Å²) < 4.78 is 4.84. The number of carbonyl (C=O) groups is 1. The van der Waals surface area contributed by atoms with Gasteiger partial charge in [-0.15, -0.1) is 0 Å². The van der Waals surface area contributed by atoms with Gasteiger partial charge in [0.15, 0.2) is 0 Å². The number of aryl methyl sites for hydroxylation is 1. The van der Waals surface area contributed by atoms with E-state index in [0.29, 0.717) is 5.56 Å². The zero-order chi connectivity index (χ0) is 12.3. The van der Waals surface area contributed by atoms with E-state index in [1.165, 1.54) is 7.11 Å². The normalized spacial score (nSPS) is 15.8. The second-order valence-corrected chi connectivity index (χ2v) is 4.20. The minimum Gasteiger partial charge on any atom is -0.465 e. The van der Waals surface area contributed by atoms with Crippen molar-refractivity contribution in [3.05, 3.63) is 29.3 Å². The van der Waals surface area contributed by atoms with E-state index in [4.69, 9.17) is 4.74 Å². The van der Waals surface area contributed by atoms with Crippen LogP contribution in [0.3, 0.4) is 0 Å². The monoisotopic (exact) mass is 234 g/mol. The average molecular weight is 234 g/mol. The summed E-state index contributed by atoms with van der Waals surface area (Å²) in [5, 5.41) is 3.31. The van der Waals surface area contributed by atoms with Crippen molar-refractivity contribution in [3.8, 4) is 0 Å². The fourth-order valence-corrected chi connectivity index (χ4v) is 2.24. The molecule has 4 nitrogen and oxygen atoms in total. The lowest BCUT2D eigenvalue weighted by Gasteiger charge is -2.31. The van der Waals surface area contributed by atoms with Crippen LogP contribution in [-0.2, 0) is 4.74 Å². The van der Waals surface area contributed by atoms with Crippen LogP contribution in [0.1, 0.15) is 15.9 Å². The van der Waals surface area contributed by atoms with E-state index < -0.39 is 0 Å². The number of rotatable bonds is 2. The van der Waals surface area contributed by atoms with Gasteiger partial charge in [0.2, 0.25) is 0 Å². The first-order valence-corrected chi connectivity index (χ1v) is 5.87. The van der Waals surface area contributed by atoms with Crippen LogP contribution < -0.4 is 10.2 Å². The number of anilines is 1. The molecule has 2 rings (SSSR count). The maximum atomic E-state index is 11.8. The van der Waals surface area contributed by atoms with Crippen LogP contribution in [0, 0.1) is 6.92 Å². The molecule has 0 spiro atoms. The molecular formula is C13H18N2O2. The molecule has 1 aliphatic heterocycles. The van der Waals surface area contributed by atoms with Gasteiger partial charge in [-0.25, -0.2) is 4.79 Å². The average Bonchev–Trinajstić information content (AvgIpc) is 2.38. The lowest BCUT2D eigenvalue weighted by atomic mass is 10.1. The molecule has 1 heterocycles. The molecule has 0 unspecified atom stereocenters. The third kappa shape index (κ3) is 2.42. The molecule has 0 amide bonds. The van der Waals surface area contributed by atoms with Gasteiger partial charge in [-0.2, -0.15) is 0 Å². The SMILES string of the molecule is COC(=O)c1cccc(C)c1N1CCNCC1. The molecule has 0 saturated carbocycles. The van der Waals surface area contributed by atoms with Crippen LogP contribution in [0.25, 0.3) is 0 Å². The van der Waals surface area contributed by atoms with Crippen LogP contribution in [0.5, 0.6) is 0 Å². The molecule has 4 heteroatoms. The summed E-state index contributed by atoms with van der Waals surface area (Å²) in [6.45, 7) is 5.79. The Morgan fingerprint density at radius 1 is 1.35 bits per heavy atom. The first-order chi connectivity index (χ1) is 8.24. The minimum absolute atomic E-state index is 0.262. The van der Waals surface area contributed by atoms with Gasteiger partial charge < -0.3 is 15.0 Å². The molecule has 0 bridgehead atoms. The number of nitrogens with zero attached hydrogens (tertiary/aromatic N) is 1. The number of carbonyl (C=O) groups excluding carboxylic acids is 1. The predicted molar refractivity (Wildman–Crippen MR) is 67.6 cm³/mol. The van der Waals surface area contributed by atoms with Gasteiger partial charge in [0.25, 0.3) is 0 Å². The van der Waals surface area contributed by atoms with E-state index in [0.717, 1.165) is 37.4 Å². The number of ether oxygens (including phenoxy) is 1. The number of methoxy groups -OCH3 is 1. The highest BCUT2D eigenvalue weighted by atomic mass is 16.5. The van der Waals surface area contributed by atoms with E-state index in [2.05, 4.69) is 10.2 Å². The van der Waals surface area contributed by atoms with Gasteiger partial charge in [0.1, 0.15) is 0 Å². The zero-order valence-corrected chi connectivity index (χ0v) is 10.3. The Balaban J connectivity index is 2.39. The number of piperazine rings is 1. The molecule has 1 aliphatic rings. The highest BCUT2D eigenvalue weighted by Crippen LogP contribution is 2.26. The van der Waals surface area contributed by atoms with Crippen molar-refractivity contribution < 1.29 is 9.53 Å². The highest BCUT2D eigenvalue weighted by molar-refractivity contribution is 5.96. The predicted octanol–water partition coefficient (Wildman–Crippen LogP) is 1.19. The van der Waals surface area contributed by atoms with Crippen molar-refractivity contribution in [2.24, 2.45) is 0 Å². The van der Waals surface area contributed by atoms with Crippen molar-refractivity contribution in [3.63, 3.8) is 0 Å². The smallest absolute Gasteiger partial charge is 0.339 e. The summed E-state index contributed by atoms with van der Waals surface area (Å²) in [6, 6.07) is 5.76. The second kappa shape index (κ2) is 5.19. The highest BCUT2D eigenvalue weighted by Gasteiger charge is 2.20. The van der Waals surface area contributed by atoms with E-state index in [9.17, 15) is 4.79 Å². The van der Waals surface area contributed by atoms with Crippen LogP contribution >= 0.6 is 0 Å². The number of esters is 1. The van der Waals surface area contributed by atoms with Crippen molar-refractivity contribution in [1.29, 1.82) is 0 Å². The standard InChI is InChI=1S/C13H18N2O2/c1-10-4-3-5-11(13(16)17-2)12(10)15-8-6-14-7-9-15/h3-5,14H,6-9H2,1-2H3. The van der Waals surface area contributed by atoms with Crippen molar-refractivity contribution >= 4 is 11.7 Å². The van der Waals surface area contributed by atoms with Crippen molar-refractivity contribution in [2.75, 3.05) is 38.2 Å². The van der Waals surface area contributed by atoms with E-state index in [1.807, 2.05) is 25.1 Å². The summed E-state index contributed by atoms with van der Waals surface area (Å²) in [5.41, 5.74) is 2.80. The third-order valence-electron chi connectivity index (χ3n) is 3.08. The third-order valence-corrected chi connectivity index (χ3v) is 3.08. The van der Waals surface area contributed by atoms with E-state index in [1.54, 1.807) is 0 Å². The molecule has 0 radical (unpaired) electrons. The molecule has 0 atom stereocenters. The number of nitrogens with one attached hydrogen (secondary N) is 1. The van der Waals surface area contributed by atoms with E-state index >= 15 is 0 Å². The quantitative estimate of drug-likeness (QED) is 0.781. The molecular weight excluding hydrogens is 216 g/mol. The Morgan fingerprint density at radius 3 is 2.71 bits per heavy atom. The van der Waals surface area contributed by atoms with Gasteiger partial charge in [0, 0.05) is 26.2 Å². The van der Waals surface area contributed by atoms with Gasteiger partial charge in [-0.1, -0.05) is 12.1 Å². The van der Waals surface area contributed by atoms with Crippen LogP contribution in [0.15, 0.2) is 18.2 Å². The lowest BCUT2D eigenvalue weighted by Crippen LogP contribution is -2.44. The van der Waals surface area contributed by atoms with Gasteiger partial charge >= 0.3 is 5.97 Å². The van der Waals surface area contributed by atoms with Crippen LogP contribution in [0.4, 0.5) is 5.69 Å². The molecule has 1 N–H and O–H groups in total. The summed E-state index contributed by atoms with van der Waals surface area (Å²) in [6.07, 6.45) is 0. The Labute approximate surface area is 102 Å². The number of benzene rings is 1. The molecule has 0 aliphatic carbocycles. The van der Waals surface area contributed by atoms with Gasteiger partial charge in [-0.05, 0) is 18.6 Å². The van der Waals surface area contributed by atoms with Crippen molar-refractivity contribution in [1.82, 2.24) is 5.32 Å². The fourth-order valence-electron chi connectivity index (χ4n) is 2.24. The second-order valence-electron chi connectivity index (χ2n) is 4.20. The molecule has 92 valence electrons. The first-order valence-electron chi connectivity index (χ1n) is 5.87. The zero-order valence-electron chi connectivity index (χ0n) is 10.3. The Hall–Kier alpha value is -1.55. The van der Waals surface area contributed by atoms with Gasteiger partial charge in [-0.3, -0.25) is 0 Å². The first kappa shape index (κ1) is 11.9. The summed E-state index contributed by atoms with van der Waals surface area (Å²) >= 11 is 0. The topological polar surface area (TPSA) is 41.6 Å². The maximum absolute atomic E-state index is 11.8. The Bertz CT molecular complexity index is 412. The summed E-state index contributed by atoms with van der Waals surface area (Å²) in [7, 11) is 1.42. The van der Waals surface area contributed by atoms with E-state index in [-0.39, 0.29) is 5.97 Å². The van der Waals surface area contributed by atoms with Crippen LogP contribution in [-0.4, -0.2) is 39.3 Å². The molecule has 0 aromatic heterocycles. The Kier molecular flexibility index (Phi) is 3.64. The minimum atomic E-state index is -0.262. The molecule has 17 heavy (non-hydrogen) atoms. The molecule has 1 aromatic rings.